The van der Waals surface area contributed by atoms with Gasteiger partial charge in [-0.25, -0.2) is 4.79 Å². The first kappa shape index (κ1) is 14.5. The van der Waals surface area contributed by atoms with Gasteiger partial charge in [-0.1, -0.05) is 29.3 Å². The van der Waals surface area contributed by atoms with E-state index in [0.717, 1.165) is 0 Å². The minimum Gasteiger partial charge on any atom is -0.454 e. The highest BCUT2D eigenvalue weighted by molar-refractivity contribution is 6.39. The quantitative estimate of drug-likeness (QED) is 0.636. The molecule has 5 nitrogen and oxygen atoms in total. The molecular weight excluding hydrogens is 281 g/mol. The smallest absolute Gasteiger partial charge is 0.341 e. The van der Waals surface area contributed by atoms with E-state index < -0.39 is 18.4 Å². The SMILES string of the molecule is O=CNCC(=O)COC(=O)c1c(Cl)cccc1Cl. The Bertz CT molecular complexity index is 456. The number of carbonyl (C=O) groups excluding carboxylic acids is 3. The monoisotopic (exact) mass is 289 g/mol. The summed E-state index contributed by atoms with van der Waals surface area (Å²) in [5.41, 5.74) is 0.0111. The minimum atomic E-state index is -0.787. The van der Waals surface area contributed by atoms with Crippen LogP contribution in [0.5, 0.6) is 0 Å². The van der Waals surface area contributed by atoms with Crippen LogP contribution in [0.1, 0.15) is 10.4 Å². The van der Waals surface area contributed by atoms with Crippen molar-refractivity contribution in [3.05, 3.63) is 33.8 Å². The molecule has 0 atom stereocenters. The van der Waals surface area contributed by atoms with Crippen LogP contribution in [-0.2, 0) is 14.3 Å². The number of ketones is 1. The summed E-state index contributed by atoms with van der Waals surface area (Å²) in [6.45, 7) is -0.658. The molecule has 96 valence electrons. The standard InChI is InChI=1S/C11H9Cl2NO4/c12-8-2-1-3-9(13)10(8)11(17)18-5-7(16)4-14-6-15/h1-3,6H,4-5H2,(H,14,15). The van der Waals surface area contributed by atoms with Crippen molar-refractivity contribution in [2.24, 2.45) is 0 Å². The molecule has 0 saturated carbocycles. The molecule has 0 spiro atoms. The van der Waals surface area contributed by atoms with Crippen molar-refractivity contribution >= 4 is 41.4 Å². The van der Waals surface area contributed by atoms with Crippen LogP contribution in [-0.4, -0.2) is 31.3 Å². The summed E-state index contributed by atoms with van der Waals surface area (Å²) < 4.78 is 4.74. The molecule has 0 aliphatic rings. The topological polar surface area (TPSA) is 72.5 Å². The van der Waals surface area contributed by atoms with Crippen molar-refractivity contribution in [1.82, 2.24) is 5.32 Å². The second-order valence-electron chi connectivity index (χ2n) is 3.21. The Morgan fingerprint density at radius 2 is 1.89 bits per heavy atom. The Balaban J connectivity index is 2.61. The average molecular weight is 290 g/mol. The predicted molar refractivity (Wildman–Crippen MR) is 65.8 cm³/mol. The third kappa shape index (κ3) is 4.01. The summed E-state index contributed by atoms with van der Waals surface area (Å²) in [7, 11) is 0. The van der Waals surface area contributed by atoms with E-state index in [-0.39, 0.29) is 22.2 Å². The van der Waals surface area contributed by atoms with Crippen LogP contribution in [0.3, 0.4) is 0 Å². The number of amides is 1. The van der Waals surface area contributed by atoms with Crippen molar-refractivity contribution in [3.8, 4) is 0 Å². The predicted octanol–water partition coefficient (Wildman–Crippen LogP) is 1.47. The van der Waals surface area contributed by atoms with E-state index in [4.69, 9.17) is 27.9 Å². The van der Waals surface area contributed by atoms with Gasteiger partial charge in [-0.15, -0.1) is 0 Å². The molecule has 0 heterocycles. The Hall–Kier alpha value is -1.59. The van der Waals surface area contributed by atoms with Crippen LogP contribution in [0.2, 0.25) is 10.0 Å². The first-order chi connectivity index (χ1) is 8.56. The second kappa shape index (κ2) is 6.98. The van der Waals surface area contributed by atoms with Gasteiger partial charge in [-0.05, 0) is 12.1 Å². The van der Waals surface area contributed by atoms with Crippen molar-refractivity contribution in [2.75, 3.05) is 13.2 Å². The maximum Gasteiger partial charge on any atom is 0.341 e. The third-order valence-corrected chi connectivity index (χ3v) is 2.54. The Kier molecular flexibility index (Phi) is 5.61. The van der Waals surface area contributed by atoms with Crippen LogP contribution < -0.4 is 5.32 Å². The first-order valence-corrected chi connectivity index (χ1v) is 5.61. The lowest BCUT2D eigenvalue weighted by atomic mass is 10.2. The van der Waals surface area contributed by atoms with Crippen molar-refractivity contribution in [3.63, 3.8) is 0 Å². The van der Waals surface area contributed by atoms with Gasteiger partial charge >= 0.3 is 5.97 Å². The van der Waals surface area contributed by atoms with Gasteiger partial charge in [-0.2, -0.15) is 0 Å². The number of hydrogen-bond donors (Lipinski definition) is 1. The number of hydrogen-bond acceptors (Lipinski definition) is 4. The zero-order chi connectivity index (χ0) is 13.5. The molecule has 0 saturated heterocycles. The summed E-state index contributed by atoms with van der Waals surface area (Å²) in [6, 6.07) is 4.56. The maximum atomic E-state index is 11.6. The normalized spacial score (nSPS) is 9.67. The summed E-state index contributed by atoms with van der Waals surface area (Å²) in [5, 5.41) is 2.45. The van der Waals surface area contributed by atoms with E-state index >= 15 is 0 Å². The van der Waals surface area contributed by atoms with Gasteiger partial charge in [0.1, 0.15) is 0 Å². The number of carbonyl (C=O) groups is 3. The molecule has 0 fully saturated rings. The zero-order valence-corrected chi connectivity index (χ0v) is 10.6. The van der Waals surface area contributed by atoms with Crippen LogP contribution >= 0.6 is 23.2 Å². The number of Topliss-reactive ketones (excluding diaryl/α,β-unsaturated/α-hetero) is 1. The number of rotatable bonds is 6. The van der Waals surface area contributed by atoms with Gasteiger partial charge in [0, 0.05) is 0 Å². The molecule has 1 rings (SSSR count). The molecule has 1 amide bonds. The van der Waals surface area contributed by atoms with Gasteiger partial charge in [0.25, 0.3) is 0 Å². The number of halogens is 2. The van der Waals surface area contributed by atoms with Gasteiger partial charge < -0.3 is 10.1 Å². The molecule has 7 heteroatoms. The van der Waals surface area contributed by atoms with E-state index in [0.29, 0.717) is 6.41 Å². The van der Waals surface area contributed by atoms with Crippen LogP contribution in [0, 0.1) is 0 Å². The average Bonchev–Trinajstić information content (AvgIpc) is 2.33. The van der Waals surface area contributed by atoms with Crippen molar-refractivity contribution in [1.29, 1.82) is 0 Å². The van der Waals surface area contributed by atoms with E-state index in [2.05, 4.69) is 5.32 Å². The summed E-state index contributed by atoms with van der Waals surface area (Å²) in [4.78, 5) is 32.7. The van der Waals surface area contributed by atoms with E-state index in [1.807, 2.05) is 0 Å². The highest BCUT2D eigenvalue weighted by Gasteiger charge is 2.16. The molecule has 18 heavy (non-hydrogen) atoms. The Morgan fingerprint density at radius 3 is 2.44 bits per heavy atom. The maximum absolute atomic E-state index is 11.6. The minimum absolute atomic E-state index is 0.0111. The van der Waals surface area contributed by atoms with E-state index in [1.165, 1.54) is 12.1 Å². The molecule has 1 aromatic rings. The van der Waals surface area contributed by atoms with E-state index in [1.54, 1.807) is 6.07 Å². The van der Waals surface area contributed by atoms with Crippen molar-refractivity contribution in [2.45, 2.75) is 0 Å². The first-order valence-electron chi connectivity index (χ1n) is 4.86. The second-order valence-corrected chi connectivity index (χ2v) is 4.02. The number of benzene rings is 1. The zero-order valence-electron chi connectivity index (χ0n) is 9.11. The lowest BCUT2D eigenvalue weighted by Gasteiger charge is -2.07. The molecule has 0 aromatic heterocycles. The van der Waals surface area contributed by atoms with Gasteiger partial charge in [0.2, 0.25) is 6.41 Å². The molecule has 0 bridgehead atoms. The largest absolute Gasteiger partial charge is 0.454 e. The van der Waals surface area contributed by atoms with Crippen LogP contribution in [0.4, 0.5) is 0 Å². The molecule has 0 aliphatic heterocycles. The Labute approximate surface area is 113 Å². The van der Waals surface area contributed by atoms with Gasteiger partial charge in [0.15, 0.2) is 12.4 Å². The number of nitrogens with one attached hydrogen (secondary N) is 1. The number of ether oxygens (including phenoxy) is 1. The fraction of sp³-hybridized carbons (Fsp3) is 0.182. The summed E-state index contributed by atoms with van der Waals surface area (Å²) >= 11 is 11.6. The molecule has 1 aromatic carbocycles. The van der Waals surface area contributed by atoms with Crippen LogP contribution in [0.15, 0.2) is 18.2 Å². The molecular formula is C11H9Cl2NO4. The van der Waals surface area contributed by atoms with Gasteiger partial charge in [0.05, 0.1) is 22.2 Å². The molecule has 0 aliphatic carbocycles. The fourth-order valence-corrected chi connectivity index (χ4v) is 1.67. The van der Waals surface area contributed by atoms with Gasteiger partial charge in [-0.3, -0.25) is 9.59 Å². The molecule has 0 radical (unpaired) electrons. The molecule has 1 N–H and O–H groups in total. The summed E-state index contributed by atoms with van der Waals surface area (Å²) in [5.74, 6) is -1.23. The highest BCUT2D eigenvalue weighted by atomic mass is 35.5. The van der Waals surface area contributed by atoms with E-state index in [9.17, 15) is 14.4 Å². The third-order valence-electron chi connectivity index (χ3n) is 1.91. The lowest BCUT2D eigenvalue weighted by molar-refractivity contribution is -0.122. The lowest BCUT2D eigenvalue weighted by Crippen LogP contribution is -2.26. The summed E-state index contributed by atoms with van der Waals surface area (Å²) in [6.07, 6.45) is 0.380. The Morgan fingerprint density at radius 1 is 1.28 bits per heavy atom. The highest BCUT2D eigenvalue weighted by Crippen LogP contribution is 2.24. The van der Waals surface area contributed by atoms with Crippen molar-refractivity contribution < 1.29 is 19.1 Å². The van der Waals surface area contributed by atoms with Crippen LogP contribution in [0.25, 0.3) is 0 Å². The fourth-order valence-electron chi connectivity index (χ4n) is 1.12. The molecule has 0 unspecified atom stereocenters. The number of esters is 1.